The molecule has 1 aliphatic heterocycles. The molecule has 0 spiro atoms. The minimum Gasteiger partial charge on any atom is -0.343 e. The Morgan fingerprint density at radius 1 is 1.16 bits per heavy atom. The first-order chi connectivity index (χ1) is 11.5. The highest BCUT2D eigenvalue weighted by molar-refractivity contribution is 7.89. The lowest BCUT2D eigenvalue weighted by atomic mass is 9.85. The van der Waals surface area contributed by atoms with Crippen molar-refractivity contribution in [3.8, 4) is 0 Å². The van der Waals surface area contributed by atoms with Crippen LogP contribution in [0.3, 0.4) is 0 Å². The normalized spacial score (nSPS) is 15.9. The Morgan fingerprint density at radius 3 is 2.24 bits per heavy atom. The fourth-order valence-electron chi connectivity index (χ4n) is 3.30. The maximum absolute atomic E-state index is 12.7. The second-order valence-electron chi connectivity index (χ2n) is 7.92. The number of nitrogens with one attached hydrogen (secondary N) is 1. The second kappa shape index (κ2) is 7.46. The van der Waals surface area contributed by atoms with Crippen molar-refractivity contribution in [2.45, 2.75) is 64.2 Å². The summed E-state index contributed by atoms with van der Waals surface area (Å²) in [7, 11) is -3.55. The second-order valence-corrected chi connectivity index (χ2v) is 9.63. The van der Waals surface area contributed by atoms with Crippen LogP contribution in [-0.2, 0) is 20.2 Å². The molecule has 25 heavy (non-hydrogen) atoms. The molecule has 0 radical (unpaired) electrons. The highest BCUT2D eigenvalue weighted by atomic mass is 32.2. The first-order valence-corrected chi connectivity index (χ1v) is 10.4. The molecule has 1 aromatic rings. The maximum Gasteiger partial charge on any atom is 0.241 e. The zero-order chi connectivity index (χ0) is 18.8. The lowest BCUT2D eigenvalue weighted by Gasteiger charge is -2.22. The van der Waals surface area contributed by atoms with Gasteiger partial charge in [0, 0.05) is 26.1 Å². The van der Waals surface area contributed by atoms with Crippen molar-refractivity contribution in [3.05, 3.63) is 28.8 Å². The summed E-state index contributed by atoms with van der Waals surface area (Å²) in [6.07, 6.45) is 2.15. The van der Waals surface area contributed by atoms with Gasteiger partial charge >= 0.3 is 0 Å². The van der Waals surface area contributed by atoms with Crippen molar-refractivity contribution in [2.75, 3.05) is 19.6 Å². The van der Waals surface area contributed by atoms with Gasteiger partial charge in [-0.25, -0.2) is 13.1 Å². The van der Waals surface area contributed by atoms with Crippen molar-refractivity contribution in [2.24, 2.45) is 0 Å². The van der Waals surface area contributed by atoms with E-state index in [0.29, 0.717) is 30.8 Å². The van der Waals surface area contributed by atoms with Gasteiger partial charge in [0.1, 0.15) is 0 Å². The Bertz CT molecular complexity index is 725. The zero-order valence-electron chi connectivity index (χ0n) is 16.0. The molecular formula is C19H30N2O3S. The van der Waals surface area contributed by atoms with Gasteiger partial charge in [-0.3, -0.25) is 4.79 Å². The number of hydrogen-bond acceptors (Lipinski definition) is 3. The quantitative estimate of drug-likeness (QED) is 0.787. The number of aryl methyl sites for hydroxylation is 2. The van der Waals surface area contributed by atoms with Crippen LogP contribution in [0.1, 0.15) is 56.7 Å². The van der Waals surface area contributed by atoms with Gasteiger partial charge in [-0.05, 0) is 48.8 Å². The van der Waals surface area contributed by atoms with Crippen molar-refractivity contribution >= 4 is 15.9 Å². The molecule has 1 aromatic carbocycles. The lowest BCUT2D eigenvalue weighted by molar-refractivity contribution is -0.127. The Kier molecular flexibility index (Phi) is 5.94. The Morgan fingerprint density at radius 2 is 1.76 bits per heavy atom. The molecule has 0 saturated carbocycles. The lowest BCUT2D eigenvalue weighted by Crippen LogP contribution is -2.31. The summed E-state index contributed by atoms with van der Waals surface area (Å²) in [4.78, 5) is 13.8. The Balaban J connectivity index is 2.05. The average Bonchev–Trinajstić information content (AvgIpc) is 2.87. The number of sulfonamides is 1. The van der Waals surface area contributed by atoms with Crippen molar-refractivity contribution < 1.29 is 13.2 Å². The molecule has 5 nitrogen and oxygen atoms in total. The summed E-state index contributed by atoms with van der Waals surface area (Å²) in [5.41, 5.74) is 2.65. The number of nitrogens with zero attached hydrogens (tertiary/aromatic N) is 1. The van der Waals surface area contributed by atoms with Crippen molar-refractivity contribution in [1.82, 2.24) is 9.62 Å². The summed E-state index contributed by atoms with van der Waals surface area (Å²) in [6, 6.07) is 3.93. The Labute approximate surface area is 151 Å². The highest BCUT2D eigenvalue weighted by Crippen LogP contribution is 2.29. The van der Waals surface area contributed by atoms with Crippen molar-refractivity contribution in [3.63, 3.8) is 0 Å². The first-order valence-electron chi connectivity index (χ1n) is 8.91. The predicted octanol–water partition coefficient (Wildman–Crippen LogP) is 2.89. The van der Waals surface area contributed by atoms with Crippen LogP contribution in [-0.4, -0.2) is 38.9 Å². The van der Waals surface area contributed by atoms with Crippen LogP contribution in [0.15, 0.2) is 17.0 Å². The third-order valence-electron chi connectivity index (χ3n) is 4.66. The van der Waals surface area contributed by atoms with Gasteiger partial charge in [0.05, 0.1) is 4.90 Å². The van der Waals surface area contributed by atoms with E-state index in [0.717, 1.165) is 29.7 Å². The van der Waals surface area contributed by atoms with E-state index < -0.39 is 10.0 Å². The molecule has 1 heterocycles. The first kappa shape index (κ1) is 19.9. The SMILES string of the molecule is Cc1cc(C(C)(C)C)cc(C)c1S(=O)(=O)NCCCN1CCCC1=O. The molecule has 1 saturated heterocycles. The number of rotatable bonds is 6. The monoisotopic (exact) mass is 366 g/mol. The number of hydrogen-bond donors (Lipinski definition) is 1. The van der Waals surface area contributed by atoms with Crippen LogP contribution in [0.25, 0.3) is 0 Å². The van der Waals surface area contributed by atoms with Gasteiger partial charge in [-0.1, -0.05) is 32.9 Å². The van der Waals surface area contributed by atoms with Crippen LogP contribution in [0, 0.1) is 13.8 Å². The van der Waals surface area contributed by atoms with Gasteiger partial charge in [0.15, 0.2) is 0 Å². The molecular weight excluding hydrogens is 336 g/mol. The fourth-order valence-corrected chi connectivity index (χ4v) is 4.82. The van der Waals surface area contributed by atoms with Crippen LogP contribution in [0.5, 0.6) is 0 Å². The van der Waals surface area contributed by atoms with Crippen LogP contribution in [0.2, 0.25) is 0 Å². The van der Waals surface area contributed by atoms with E-state index in [1.807, 2.05) is 30.9 Å². The molecule has 1 N–H and O–H groups in total. The molecule has 6 heteroatoms. The molecule has 1 aliphatic rings. The molecule has 0 aliphatic carbocycles. The third kappa shape index (κ3) is 4.82. The van der Waals surface area contributed by atoms with Crippen LogP contribution < -0.4 is 4.72 Å². The van der Waals surface area contributed by atoms with Gasteiger partial charge in [0.25, 0.3) is 0 Å². The molecule has 2 rings (SSSR count). The number of amides is 1. The summed E-state index contributed by atoms with van der Waals surface area (Å²) in [5, 5.41) is 0. The largest absolute Gasteiger partial charge is 0.343 e. The third-order valence-corrected chi connectivity index (χ3v) is 6.43. The van der Waals surface area contributed by atoms with Crippen LogP contribution in [0.4, 0.5) is 0 Å². The summed E-state index contributed by atoms with van der Waals surface area (Å²) in [5.74, 6) is 0.173. The van der Waals surface area contributed by atoms with Gasteiger partial charge in [-0.2, -0.15) is 0 Å². The van der Waals surface area contributed by atoms with E-state index in [-0.39, 0.29) is 11.3 Å². The van der Waals surface area contributed by atoms with Crippen molar-refractivity contribution in [1.29, 1.82) is 0 Å². The van der Waals surface area contributed by atoms with E-state index >= 15 is 0 Å². The fraction of sp³-hybridized carbons (Fsp3) is 0.632. The van der Waals surface area contributed by atoms with Gasteiger partial charge in [0.2, 0.25) is 15.9 Å². The summed E-state index contributed by atoms with van der Waals surface area (Å²) >= 11 is 0. The van der Waals surface area contributed by atoms with E-state index in [9.17, 15) is 13.2 Å². The minimum absolute atomic E-state index is 0.0203. The van der Waals surface area contributed by atoms with Gasteiger partial charge < -0.3 is 4.90 Å². The van der Waals surface area contributed by atoms with Gasteiger partial charge in [-0.15, -0.1) is 0 Å². The highest BCUT2D eigenvalue weighted by Gasteiger charge is 2.23. The number of likely N-dealkylation sites (tertiary alicyclic amines) is 1. The number of carbonyl (C=O) groups excluding carboxylic acids is 1. The smallest absolute Gasteiger partial charge is 0.241 e. The Hall–Kier alpha value is -1.40. The van der Waals surface area contributed by atoms with E-state index in [1.54, 1.807) is 0 Å². The number of benzene rings is 1. The molecule has 0 aromatic heterocycles. The van der Waals surface area contributed by atoms with E-state index in [4.69, 9.17) is 0 Å². The van der Waals surface area contributed by atoms with E-state index in [2.05, 4.69) is 25.5 Å². The summed E-state index contributed by atoms with van der Waals surface area (Å²) in [6.45, 7) is 11.8. The molecule has 1 fully saturated rings. The number of carbonyl (C=O) groups is 1. The standard InChI is InChI=1S/C19H30N2O3S/c1-14-12-16(19(3,4)5)13-15(2)18(14)25(23,24)20-9-7-11-21-10-6-8-17(21)22/h12-13,20H,6-11H2,1-5H3. The zero-order valence-corrected chi connectivity index (χ0v) is 16.8. The topological polar surface area (TPSA) is 66.5 Å². The minimum atomic E-state index is -3.55. The molecule has 1 amide bonds. The van der Waals surface area contributed by atoms with E-state index in [1.165, 1.54) is 0 Å². The van der Waals surface area contributed by atoms with Crippen LogP contribution >= 0.6 is 0 Å². The maximum atomic E-state index is 12.7. The average molecular weight is 367 g/mol. The predicted molar refractivity (Wildman–Crippen MR) is 100 cm³/mol. The molecule has 0 atom stereocenters. The molecule has 0 unspecified atom stereocenters. The molecule has 140 valence electrons. The summed E-state index contributed by atoms with van der Waals surface area (Å²) < 4.78 is 28.1. The molecule has 0 bridgehead atoms.